The fourth-order valence-electron chi connectivity index (χ4n) is 2.52. The van der Waals surface area contributed by atoms with Gasteiger partial charge in [-0.25, -0.2) is 9.36 Å². The van der Waals surface area contributed by atoms with Gasteiger partial charge in [0.15, 0.2) is 0 Å². The van der Waals surface area contributed by atoms with Crippen LogP contribution in [0.2, 0.25) is 0 Å². The Morgan fingerprint density at radius 1 is 1.61 bits per heavy atom. The molecule has 0 spiro atoms. The molecule has 1 aromatic rings. The summed E-state index contributed by atoms with van der Waals surface area (Å²) in [5.74, 6) is 0. The molecule has 1 saturated heterocycles. The number of aryl methyl sites for hydroxylation is 1. The van der Waals surface area contributed by atoms with E-state index in [1.807, 2.05) is 5.32 Å². The van der Waals surface area contributed by atoms with Crippen molar-refractivity contribution in [3.8, 4) is 0 Å². The summed E-state index contributed by atoms with van der Waals surface area (Å²) in [6, 6.07) is -0.852. The van der Waals surface area contributed by atoms with Gasteiger partial charge in [-0.2, -0.15) is 0 Å². The molecule has 1 aromatic heterocycles. The zero-order valence-electron chi connectivity index (χ0n) is 14.7. The molecule has 0 bridgehead atoms. The molecule has 2 heterocycles. The Labute approximate surface area is 157 Å². The smallest absolute Gasteiger partial charge is 0.395 e. The number of hydrogen-bond acceptors (Lipinski definition) is 8. The lowest BCUT2D eigenvalue weighted by molar-refractivity contribution is -0.0235. The first-order chi connectivity index (χ1) is 13.2. The van der Waals surface area contributed by atoms with Crippen molar-refractivity contribution in [3.05, 3.63) is 43.0 Å². The summed E-state index contributed by atoms with van der Waals surface area (Å²) < 4.78 is 23.4. The minimum Gasteiger partial charge on any atom is -0.395 e. The summed E-state index contributed by atoms with van der Waals surface area (Å²) in [5.41, 5.74) is 6.36. The van der Waals surface area contributed by atoms with Gasteiger partial charge in [0, 0.05) is 29.6 Å². The number of aliphatic hydroxyl groups excluding tert-OH is 1. The van der Waals surface area contributed by atoms with E-state index in [2.05, 4.69) is 15.0 Å². The summed E-state index contributed by atoms with van der Waals surface area (Å²) in [4.78, 5) is 49.5. The van der Waals surface area contributed by atoms with Crippen LogP contribution in [0, 0.1) is 6.92 Å². The van der Waals surface area contributed by atoms with Crippen LogP contribution in [0.25, 0.3) is 10.4 Å². The molecule has 15 heteroatoms. The number of amides is 1. The third-order valence-corrected chi connectivity index (χ3v) is 5.09. The van der Waals surface area contributed by atoms with Crippen molar-refractivity contribution in [3.63, 3.8) is 0 Å². The Morgan fingerprint density at radius 2 is 2.32 bits per heavy atom. The van der Waals surface area contributed by atoms with Crippen LogP contribution in [0.1, 0.15) is 18.2 Å². The van der Waals surface area contributed by atoms with E-state index in [9.17, 15) is 23.8 Å². The van der Waals surface area contributed by atoms with Crippen molar-refractivity contribution in [2.75, 3.05) is 19.8 Å². The quantitative estimate of drug-likeness (QED) is 0.190. The molecule has 2 rings (SSSR count). The number of aliphatic hydroxyl groups is 1. The second-order valence-electron chi connectivity index (χ2n) is 5.89. The maximum absolute atomic E-state index is 12.0. The summed E-state index contributed by atoms with van der Waals surface area (Å²) in [6.45, 7) is 0.260. The SMILES string of the molecule is Cc1cn([C@H]2C[C@H](N=[N+]=[N-])[C@@H](COP(=O)(O)C(=O)NCCO)O2)c(=O)[nH]c1=O. The van der Waals surface area contributed by atoms with Gasteiger partial charge in [-0.1, -0.05) is 5.11 Å². The fraction of sp³-hybridized carbons (Fsp3) is 0.615. The van der Waals surface area contributed by atoms with Gasteiger partial charge in [-0.15, -0.1) is 0 Å². The number of carbonyl (C=O) groups is 1. The van der Waals surface area contributed by atoms with Gasteiger partial charge in [0.2, 0.25) is 0 Å². The fourth-order valence-corrected chi connectivity index (χ4v) is 3.30. The van der Waals surface area contributed by atoms with E-state index in [-0.39, 0.29) is 18.5 Å². The molecule has 1 fully saturated rings. The van der Waals surface area contributed by atoms with E-state index < -0.39 is 56.1 Å². The average Bonchev–Trinajstić information content (AvgIpc) is 3.04. The Kier molecular flexibility index (Phi) is 7.13. The average molecular weight is 418 g/mol. The van der Waals surface area contributed by atoms with Crippen molar-refractivity contribution < 1.29 is 28.6 Å². The highest BCUT2D eigenvalue weighted by molar-refractivity contribution is 7.70. The van der Waals surface area contributed by atoms with Crippen molar-refractivity contribution in [2.45, 2.75) is 31.7 Å². The number of azide groups is 1. The molecule has 4 N–H and O–H groups in total. The summed E-state index contributed by atoms with van der Waals surface area (Å²) >= 11 is 0. The van der Waals surface area contributed by atoms with Crippen LogP contribution in [0.5, 0.6) is 0 Å². The van der Waals surface area contributed by atoms with Gasteiger partial charge in [-0.3, -0.25) is 23.7 Å². The van der Waals surface area contributed by atoms with Crippen LogP contribution >= 0.6 is 7.60 Å². The number of nitrogens with zero attached hydrogens (tertiary/aromatic N) is 4. The van der Waals surface area contributed by atoms with Gasteiger partial charge in [0.25, 0.3) is 5.56 Å². The van der Waals surface area contributed by atoms with Crippen LogP contribution in [-0.2, 0) is 13.8 Å². The van der Waals surface area contributed by atoms with Crippen molar-refractivity contribution in [1.82, 2.24) is 14.9 Å². The molecule has 14 nitrogen and oxygen atoms in total. The predicted molar refractivity (Wildman–Crippen MR) is 93.8 cm³/mol. The molecule has 0 aliphatic carbocycles. The third kappa shape index (κ3) is 5.07. The van der Waals surface area contributed by atoms with Crippen molar-refractivity contribution >= 4 is 13.2 Å². The Bertz CT molecular complexity index is 938. The maximum Gasteiger partial charge on any atom is 0.415 e. The summed E-state index contributed by atoms with van der Waals surface area (Å²) in [7, 11) is -4.72. The van der Waals surface area contributed by atoms with Gasteiger partial charge >= 0.3 is 18.9 Å². The second-order valence-corrected chi connectivity index (χ2v) is 7.59. The largest absolute Gasteiger partial charge is 0.415 e. The molecule has 0 radical (unpaired) electrons. The lowest BCUT2D eigenvalue weighted by Gasteiger charge is -2.18. The molecule has 154 valence electrons. The minimum atomic E-state index is -4.72. The number of rotatable bonds is 8. The summed E-state index contributed by atoms with van der Waals surface area (Å²) in [5, 5.41) is 14.2. The topological polar surface area (TPSA) is 209 Å². The van der Waals surface area contributed by atoms with E-state index >= 15 is 0 Å². The van der Waals surface area contributed by atoms with Crippen LogP contribution in [0.15, 0.2) is 20.9 Å². The van der Waals surface area contributed by atoms with Gasteiger partial charge in [-0.05, 0) is 12.5 Å². The normalized spacial score (nSPS) is 23.6. The predicted octanol–water partition coefficient (Wildman–Crippen LogP) is -0.285. The molecular formula is C13H19N6O8P. The van der Waals surface area contributed by atoms with Crippen LogP contribution in [0.3, 0.4) is 0 Å². The molecule has 1 unspecified atom stereocenters. The van der Waals surface area contributed by atoms with E-state index in [1.165, 1.54) is 13.1 Å². The molecule has 4 atom stereocenters. The number of hydrogen-bond donors (Lipinski definition) is 4. The highest BCUT2D eigenvalue weighted by atomic mass is 31.2. The lowest BCUT2D eigenvalue weighted by Crippen LogP contribution is -2.33. The number of aromatic amines is 1. The standard InChI is InChI=1S/C13H19N6O8P/c1-7-5-19(12(22)16-11(7)21)10-4-8(17-18-14)9(27-10)6-26-28(24,25)13(23)15-2-3-20/h5,8-10,20H,2-4,6H2,1H3,(H,15,23)(H,24,25)(H,16,21,22)/t8-,9+,10+/m0/s1. The molecule has 0 saturated carbocycles. The zero-order valence-corrected chi connectivity index (χ0v) is 15.6. The third-order valence-electron chi connectivity index (χ3n) is 3.92. The Morgan fingerprint density at radius 3 is 2.96 bits per heavy atom. The monoisotopic (exact) mass is 418 g/mol. The summed E-state index contributed by atoms with van der Waals surface area (Å²) in [6.07, 6.45) is -0.628. The molecule has 1 amide bonds. The zero-order chi connectivity index (χ0) is 20.9. The van der Waals surface area contributed by atoms with Crippen LogP contribution in [-0.4, -0.2) is 57.1 Å². The first-order valence-electron chi connectivity index (χ1n) is 8.08. The van der Waals surface area contributed by atoms with Crippen molar-refractivity contribution in [2.24, 2.45) is 5.11 Å². The molecular weight excluding hydrogens is 399 g/mol. The minimum absolute atomic E-state index is 0.0376. The van der Waals surface area contributed by atoms with Gasteiger partial charge in [0.05, 0.1) is 25.4 Å². The Hall–Kier alpha value is -2.47. The first kappa shape index (κ1) is 21.8. The number of ether oxygens (including phenoxy) is 1. The molecule has 1 aliphatic rings. The highest BCUT2D eigenvalue weighted by Gasteiger charge is 2.39. The van der Waals surface area contributed by atoms with Gasteiger partial charge in [0.1, 0.15) is 6.23 Å². The number of nitrogens with one attached hydrogen (secondary N) is 2. The molecule has 28 heavy (non-hydrogen) atoms. The van der Waals surface area contributed by atoms with E-state index in [0.717, 1.165) is 4.57 Å². The highest BCUT2D eigenvalue weighted by Crippen LogP contribution is 2.43. The van der Waals surface area contributed by atoms with E-state index in [4.69, 9.17) is 19.9 Å². The maximum atomic E-state index is 12.0. The molecule has 1 aliphatic heterocycles. The van der Waals surface area contributed by atoms with Gasteiger partial charge < -0.3 is 20.1 Å². The molecule has 0 aromatic carbocycles. The number of aromatic nitrogens is 2. The number of H-pyrrole nitrogens is 1. The Balaban J connectivity index is 2.14. The van der Waals surface area contributed by atoms with Crippen LogP contribution < -0.4 is 16.6 Å². The van der Waals surface area contributed by atoms with E-state index in [1.54, 1.807) is 0 Å². The van der Waals surface area contributed by atoms with E-state index in [0.29, 0.717) is 0 Å². The second kappa shape index (κ2) is 9.15. The first-order valence-corrected chi connectivity index (χ1v) is 9.65. The van der Waals surface area contributed by atoms with Crippen LogP contribution in [0.4, 0.5) is 4.79 Å². The number of carbonyl (C=O) groups excluding carboxylic acids is 1. The lowest BCUT2D eigenvalue weighted by atomic mass is 10.1. The van der Waals surface area contributed by atoms with Crippen molar-refractivity contribution in [1.29, 1.82) is 0 Å².